The van der Waals surface area contributed by atoms with Gasteiger partial charge in [-0.1, -0.05) is 11.3 Å². The first-order valence-corrected chi connectivity index (χ1v) is 8.58. The predicted octanol–water partition coefficient (Wildman–Crippen LogP) is 3.16. The molecular formula is C20H22N4O4. The Morgan fingerprint density at radius 2 is 1.64 bits per heavy atom. The molecule has 0 aliphatic carbocycles. The summed E-state index contributed by atoms with van der Waals surface area (Å²) in [5, 5.41) is 11.0. The van der Waals surface area contributed by atoms with E-state index in [4.69, 9.17) is 14.2 Å². The van der Waals surface area contributed by atoms with E-state index < -0.39 is 0 Å². The van der Waals surface area contributed by atoms with Crippen LogP contribution >= 0.6 is 0 Å². The molecule has 8 nitrogen and oxygen atoms in total. The van der Waals surface area contributed by atoms with Crippen molar-refractivity contribution in [1.29, 1.82) is 0 Å². The van der Waals surface area contributed by atoms with E-state index in [1.807, 2.05) is 25.1 Å². The minimum Gasteiger partial charge on any atom is -0.497 e. The molecule has 1 aromatic heterocycles. The van der Waals surface area contributed by atoms with Crippen LogP contribution < -0.4 is 19.5 Å². The van der Waals surface area contributed by atoms with Gasteiger partial charge in [0.25, 0.3) is 5.91 Å². The van der Waals surface area contributed by atoms with E-state index in [1.54, 1.807) is 51.1 Å². The van der Waals surface area contributed by atoms with Gasteiger partial charge in [0, 0.05) is 23.9 Å². The van der Waals surface area contributed by atoms with Crippen molar-refractivity contribution in [3.05, 3.63) is 53.3 Å². The molecule has 0 saturated carbocycles. The molecule has 3 rings (SSSR count). The number of carbonyl (C=O) groups excluding carboxylic acids is 1. The maximum Gasteiger partial charge on any atom is 0.278 e. The highest BCUT2D eigenvalue weighted by Gasteiger charge is 2.20. The molecule has 0 atom stereocenters. The number of amides is 1. The van der Waals surface area contributed by atoms with Crippen LogP contribution in [0.2, 0.25) is 0 Å². The van der Waals surface area contributed by atoms with E-state index in [2.05, 4.69) is 15.6 Å². The van der Waals surface area contributed by atoms with E-state index in [-0.39, 0.29) is 11.6 Å². The Morgan fingerprint density at radius 3 is 2.25 bits per heavy atom. The fourth-order valence-corrected chi connectivity index (χ4v) is 2.80. The van der Waals surface area contributed by atoms with Gasteiger partial charge in [-0.3, -0.25) is 4.79 Å². The highest BCUT2D eigenvalue weighted by molar-refractivity contribution is 6.03. The summed E-state index contributed by atoms with van der Waals surface area (Å²) in [5.41, 5.74) is 3.10. The highest BCUT2D eigenvalue weighted by Crippen LogP contribution is 2.27. The molecule has 0 bridgehead atoms. The van der Waals surface area contributed by atoms with Crippen LogP contribution in [-0.4, -0.2) is 42.2 Å². The Hall–Kier alpha value is -3.55. The first kappa shape index (κ1) is 19.2. The Morgan fingerprint density at radius 1 is 0.964 bits per heavy atom. The number of nitrogens with one attached hydrogen (secondary N) is 1. The lowest BCUT2D eigenvalue weighted by atomic mass is 10.2. The second-order valence-corrected chi connectivity index (χ2v) is 6.17. The summed E-state index contributed by atoms with van der Waals surface area (Å²) < 4.78 is 17.5. The molecular weight excluding hydrogens is 360 g/mol. The molecule has 0 radical (unpaired) electrons. The number of hydrogen-bond donors (Lipinski definition) is 1. The van der Waals surface area contributed by atoms with Crippen molar-refractivity contribution >= 4 is 11.6 Å². The maximum atomic E-state index is 12.8. The van der Waals surface area contributed by atoms with Crippen LogP contribution in [0.25, 0.3) is 5.69 Å². The molecule has 3 aromatic rings. The molecule has 0 saturated heterocycles. The highest BCUT2D eigenvalue weighted by atomic mass is 16.5. The van der Waals surface area contributed by atoms with Crippen molar-refractivity contribution in [2.45, 2.75) is 13.8 Å². The number of rotatable bonds is 6. The van der Waals surface area contributed by atoms with Gasteiger partial charge in [0.1, 0.15) is 22.9 Å². The summed E-state index contributed by atoms with van der Waals surface area (Å²) in [6, 6.07) is 10.8. The van der Waals surface area contributed by atoms with E-state index in [9.17, 15) is 4.79 Å². The van der Waals surface area contributed by atoms with Crippen LogP contribution in [0.15, 0.2) is 36.4 Å². The Labute approximate surface area is 163 Å². The minimum absolute atomic E-state index is 0.213. The summed E-state index contributed by atoms with van der Waals surface area (Å²) in [7, 11) is 4.68. The molecule has 8 heteroatoms. The molecule has 1 N–H and O–H groups in total. The largest absolute Gasteiger partial charge is 0.497 e. The summed E-state index contributed by atoms with van der Waals surface area (Å²) in [6.45, 7) is 3.75. The Bertz CT molecular complexity index is 991. The van der Waals surface area contributed by atoms with Crippen molar-refractivity contribution in [2.24, 2.45) is 0 Å². The molecule has 0 aliphatic heterocycles. The molecule has 0 spiro atoms. The average Bonchev–Trinajstić information content (AvgIpc) is 3.08. The van der Waals surface area contributed by atoms with E-state index in [1.165, 1.54) is 0 Å². The van der Waals surface area contributed by atoms with Gasteiger partial charge in [-0.25, -0.2) is 4.68 Å². The SMILES string of the molecule is COc1cc(NC(=O)c2nnn(-c3cc(C)ccc3OC)c2C)cc(OC)c1. The Balaban J connectivity index is 1.92. The van der Waals surface area contributed by atoms with Gasteiger partial charge in [0.15, 0.2) is 5.69 Å². The third-order valence-electron chi connectivity index (χ3n) is 4.28. The summed E-state index contributed by atoms with van der Waals surface area (Å²) in [4.78, 5) is 12.8. The average molecular weight is 382 g/mol. The van der Waals surface area contributed by atoms with Gasteiger partial charge < -0.3 is 19.5 Å². The van der Waals surface area contributed by atoms with Crippen LogP contribution in [0.1, 0.15) is 21.7 Å². The topological polar surface area (TPSA) is 87.5 Å². The van der Waals surface area contributed by atoms with Crippen LogP contribution in [0.4, 0.5) is 5.69 Å². The molecule has 0 aliphatic rings. The van der Waals surface area contributed by atoms with Gasteiger partial charge in [0.2, 0.25) is 0 Å². The standard InChI is InChI=1S/C20H22N4O4/c1-12-6-7-18(28-5)17(8-12)24-13(2)19(22-23-24)20(25)21-14-9-15(26-3)11-16(10-14)27-4/h6-11H,1-5H3,(H,21,25). The molecule has 0 unspecified atom stereocenters. The zero-order valence-electron chi connectivity index (χ0n) is 16.4. The lowest BCUT2D eigenvalue weighted by Gasteiger charge is -2.11. The zero-order chi connectivity index (χ0) is 20.3. The van der Waals surface area contributed by atoms with Gasteiger partial charge in [-0.15, -0.1) is 5.10 Å². The normalized spacial score (nSPS) is 10.5. The fraction of sp³-hybridized carbons (Fsp3) is 0.250. The van der Waals surface area contributed by atoms with E-state index in [0.717, 1.165) is 11.3 Å². The van der Waals surface area contributed by atoms with Crippen LogP contribution in [0, 0.1) is 13.8 Å². The van der Waals surface area contributed by atoms with Crippen molar-refractivity contribution in [2.75, 3.05) is 26.6 Å². The second-order valence-electron chi connectivity index (χ2n) is 6.17. The Kier molecular flexibility index (Phi) is 5.49. The molecule has 28 heavy (non-hydrogen) atoms. The first-order valence-electron chi connectivity index (χ1n) is 8.58. The maximum absolute atomic E-state index is 12.8. The van der Waals surface area contributed by atoms with Crippen LogP contribution in [0.5, 0.6) is 17.2 Å². The van der Waals surface area contributed by atoms with Gasteiger partial charge in [-0.2, -0.15) is 0 Å². The van der Waals surface area contributed by atoms with Crippen molar-refractivity contribution in [3.63, 3.8) is 0 Å². The number of nitrogens with zero attached hydrogens (tertiary/aromatic N) is 3. The lowest BCUT2D eigenvalue weighted by molar-refractivity contribution is 0.102. The number of anilines is 1. The fourth-order valence-electron chi connectivity index (χ4n) is 2.80. The van der Waals surface area contributed by atoms with E-state index >= 15 is 0 Å². The number of methoxy groups -OCH3 is 3. The number of ether oxygens (including phenoxy) is 3. The number of aromatic nitrogens is 3. The molecule has 146 valence electrons. The summed E-state index contributed by atoms with van der Waals surface area (Å²) in [6.07, 6.45) is 0. The van der Waals surface area contributed by atoms with Crippen LogP contribution in [0.3, 0.4) is 0 Å². The van der Waals surface area contributed by atoms with E-state index in [0.29, 0.717) is 28.6 Å². The molecule has 1 amide bonds. The first-order chi connectivity index (χ1) is 13.5. The monoisotopic (exact) mass is 382 g/mol. The summed E-state index contributed by atoms with van der Waals surface area (Å²) >= 11 is 0. The minimum atomic E-state index is -0.384. The third kappa shape index (κ3) is 3.75. The quantitative estimate of drug-likeness (QED) is 0.705. The molecule has 2 aromatic carbocycles. The van der Waals surface area contributed by atoms with Crippen molar-refractivity contribution in [1.82, 2.24) is 15.0 Å². The molecule has 1 heterocycles. The number of aryl methyl sites for hydroxylation is 1. The van der Waals surface area contributed by atoms with Gasteiger partial charge >= 0.3 is 0 Å². The van der Waals surface area contributed by atoms with Gasteiger partial charge in [0.05, 0.1) is 27.0 Å². The van der Waals surface area contributed by atoms with Crippen LogP contribution in [-0.2, 0) is 0 Å². The number of hydrogen-bond acceptors (Lipinski definition) is 6. The smallest absolute Gasteiger partial charge is 0.278 e. The number of carbonyl (C=O) groups is 1. The second kappa shape index (κ2) is 7.99. The number of benzene rings is 2. The third-order valence-corrected chi connectivity index (χ3v) is 4.28. The van der Waals surface area contributed by atoms with Gasteiger partial charge in [-0.05, 0) is 31.5 Å². The predicted molar refractivity (Wildman–Crippen MR) is 105 cm³/mol. The zero-order valence-corrected chi connectivity index (χ0v) is 16.4. The van der Waals surface area contributed by atoms with Crippen molar-refractivity contribution < 1.29 is 19.0 Å². The summed E-state index contributed by atoms with van der Waals surface area (Å²) in [5.74, 6) is 1.40. The lowest BCUT2D eigenvalue weighted by Crippen LogP contribution is -2.14. The molecule has 0 fully saturated rings. The van der Waals surface area contributed by atoms with Crippen molar-refractivity contribution in [3.8, 4) is 22.9 Å².